The van der Waals surface area contributed by atoms with Crippen LogP contribution >= 0.6 is 11.3 Å². The molecule has 2 aromatic heterocycles. The molecule has 1 aromatic carbocycles. The number of hydrogen-bond acceptors (Lipinski definition) is 4. The summed E-state index contributed by atoms with van der Waals surface area (Å²) in [6.07, 6.45) is 0.746. The summed E-state index contributed by atoms with van der Waals surface area (Å²) < 4.78 is 1.30. The van der Waals surface area contributed by atoms with Gasteiger partial charge in [-0.3, -0.25) is 0 Å². The number of aromatic amines is 1. The predicted molar refractivity (Wildman–Crippen MR) is 58.8 cm³/mol. The molecule has 3 aromatic rings. The number of thiophene rings is 1. The van der Waals surface area contributed by atoms with Crippen molar-refractivity contribution in [1.82, 2.24) is 20.6 Å². The minimum atomic E-state index is 0.738. The molecule has 3 rings (SSSR count). The highest BCUT2D eigenvalue weighted by Crippen LogP contribution is 2.26. The van der Waals surface area contributed by atoms with Crippen LogP contribution in [0.4, 0.5) is 0 Å². The fraction of sp³-hybridized carbons (Fsp3) is 0.100. The molecule has 0 bridgehead atoms. The molecule has 0 saturated carbocycles. The van der Waals surface area contributed by atoms with Crippen molar-refractivity contribution in [2.75, 3.05) is 0 Å². The molecule has 0 atom stereocenters. The average molecular weight is 216 g/mol. The Bertz CT molecular complexity index is 537. The zero-order valence-corrected chi connectivity index (χ0v) is 8.66. The second kappa shape index (κ2) is 3.43. The van der Waals surface area contributed by atoms with E-state index >= 15 is 0 Å². The standard InChI is InChI=1S/C10H8N4S/c1-2-4-9-7(3-1)5-8(15-9)6-10-11-13-14-12-10/h1-5H,6H2,(H,11,12,13,14). The van der Waals surface area contributed by atoms with Crippen LogP contribution in [0.1, 0.15) is 10.7 Å². The Morgan fingerprint density at radius 1 is 1.27 bits per heavy atom. The molecular formula is C10H8N4S. The Morgan fingerprint density at radius 2 is 2.20 bits per heavy atom. The highest BCUT2D eigenvalue weighted by atomic mass is 32.1. The van der Waals surface area contributed by atoms with Crippen molar-refractivity contribution in [2.24, 2.45) is 0 Å². The molecule has 0 aliphatic heterocycles. The minimum absolute atomic E-state index is 0.738. The number of benzene rings is 1. The SMILES string of the molecule is c1ccc2sc(Cc3nn[nH]n3)cc2c1. The van der Waals surface area contributed by atoms with Crippen molar-refractivity contribution in [1.29, 1.82) is 0 Å². The van der Waals surface area contributed by atoms with Crippen LogP contribution in [0.3, 0.4) is 0 Å². The van der Waals surface area contributed by atoms with Crippen molar-refractivity contribution in [3.05, 3.63) is 41.0 Å². The lowest BCUT2D eigenvalue weighted by molar-refractivity contribution is 0.881. The normalized spacial score (nSPS) is 10.9. The summed E-state index contributed by atoms with van der Waals surface area (Å²) in [7, 11) is 0. The number of hydrogen-bond donors (Lipinski definition) is 1. The fourth-order valence-corrected chi connectivity index (χ4v) is 2.60. The largest absolute Gasteiger partial charge is 0.179 e. The van der Waals surface area contributed by atoms with Crippen LogP contribution < -0.4 is 0 Å². The van der Waals surface area contributed by atoms with Gasteiger partial charge in [-0.25, -0.2) is 0 Å². The summed E-state index contributed by atoms with van der Waals surface area (Å²) >= 11 is 1.77. The number of rotatable bonds is 2. The topological polar surface area (TPSA) is 54.5 Å². The van der Waals surface area contributed by atoms with Gasteiger partial charge in [0.2, 0.25) is 0 Å². The van der Waals surface area contributed by atoms with Crippen molar-refractivity contribution in [2.45, 2.75) is 6.42 Å². The van der Waals surface area contributed by atoms with Gasteiger partial charge in [0.1, 0.15) is 0 Å². The summed E-state index contributed by atoms with van der Waals surface area (Å²) in [5.74, 6) is 0.738. The molecule has 0 saturated heterocycles. The van der Waals surface area contributed by atoms with E-state index in [-0.39, 0.29) is 0 Å². The third-order valence-electron chi connectivity index (χ3n) is 2.20. The van der Waals surface area contributed by atoms with Crippen LogP contribution in [0.25, 0.3) is 10.1 Å². The van der Waals surface area contributed by atoms with E-state index in [1.165, 1.54) is 15.0 Å². The summed E-state index contributed by atoms with van der Waals surface area (Å²) in [4.78, 5) is 1.26. The van der Waals surface area contributed by atoms with Crippen LogP contribution in [0, 0.1) is 0 Å². The van der Waals surface area contributed by atoms with Gasteiger partial charge in [-0.2, -0.15) is 5.21 Å². The predicted octanol–water partition coefficient (Wildman–Crippen LogP) is 2.01. The van der Waals surface area contributed by atoms with Crippen LogP contribution in [0.15, 0.2) is 30.3 Å². The molecule has 0 amide bonds. The molecule has 15 heavy (non-hydrogen) atoms. The Hall–Kier alpha value is -1.75. The van der Waals surface area contributed by atoms with Crippen LogP contribution in [-0.2, 0) is 6.42 Å². The van der Waals surface area contributed by atoms with Gasteiger partial charge in [0.25, 0.3) is 0 Å². The third-order valence-corrected chi connectivity index (χ3v) is 3.31. The summed E-state index contributed by atoms with van der Waals surface area (Å²) in [6, 6.07) is 10.5. The molecule has 0 aliphatic carbocycles. The number of fused-ring (bicyclic) bond motifs is 1. The van der Waals surface area contributed by atoms with Gasteiger partial charge in [0.05, 0.1) is 0 Å². The Kier molecular flexibility index (Phi) is 1.96. The smallest absolute Gasteiger partial charge is 0.177 e. The molecule has 1 N–H and O–H groups in total. The van der Waals surface area contributed by atoms with E-state index in [9.17, 15) is 0 Å². The second-order valence-corrected chi connectivity index (χ2v) is 4.42. The highest BCUT2D eigenvalue weighted by molar-refractivity contribution is 7.19. The van der Waals surface area contributed by atoms with E-state index in [1.54, 1.807) is 11.3 Å². The maximum Gasteiger partial charge on any atom is 0.179 e. The summed E-state index contributed by atoms with van der Waals surface area (Å²) in [6.45, 7) is 0. The average Bonchev–Trinajstić information content (AvgIpc) is 2.86. The first-order valence-electron chi connectivity index (χ1n) is 4.61. The molecule has 0 unspecified atom stereocenters. The maximum absolute atomic E-state index is 3.94. The van der Waals surface area contributed by atoms with Gasteiger partial charge >= 0.3 is 0 Å². The second-order valence-electron chi connectivity index (χ2n) is 3.26. The lowest BCUT2D eigenvalue weighted by Crippen LogP contribution is -1.87. The van der Waals surface area contributed by atoms with E-state index in [1.807, 2.05) is 6.07 Å². The zero-order valence-electron chi connectivity index (χ0n) is 7.84. The number of nitrogens with one attached hydrogen (secondary N) is 1. The molecule has 4 nitrogen and oxygen atoms in total. The van der Waals surface area contributed by atoms with E-state index in [4.69, 9.17) is 0 Å². The number of nitrogens with zero attached hydrogens (tertiary/aromatic N) is 3. The maximum atomic E-state index is 3.94. The van der Waals surface area contributed by atoms with Gasteiger partial charge in [-0.1, -0.05) is 23.4 Å². The van der Waals surface area contributed by atoms with Gasteiger partial charge < -0.3 is 0 Å². The van der Waals surface area contributed by atoms with Crippen molar-refractivity contribution in [3.8, 4) is 0 Å². The Labute approximate surface area is 89.9 Å². The monoisotopic (exact) mass is 216 g/mol. The molecule has 0 aliphatic rings. The van der Waals surface area contributed by atoms with Gasteiger partial charge in [0, 0.05) is 16.0 Å². The van der Waals surface area contributed by atoms with Crippen molar-refractivity contribution < 1.29 is 0 Å². The van der Waals surface area contributed by atoms with Crippen molar-refractivity contribution in [3.63, 3.8) is 0 Å². The lowest BCUT2D eigenvalue weighted by atomic mass is 10.2. The number of H-pyrrole nitrogens is 1. The van der Waals surface area contributed by atoms with E-state index in [2.05, 4.69) is 44.9 Å². The molecule has 74 valence electrons. The van der Waals surface area contributed by atoms with Crippen LogP contribution in [-0.4, -0.2) is 20.6 Å². The molecule has 5 heteroatoms. The molecule has 0 fully saturated rings. The first kappa shape index (κ1) is 8.55. The lowest BCUT2D eigenvalue weighted by Gasteiger charge is -1.86. The molecule has 2 heterocycles. The van der Waals surface area contributed by atoms with Gasteiger partial charge in [-0.05, 0) is 17.5 Å². The van der Waals surface area contributed by atoms with E-state index in [0.29, 0.717) is 0 Å². The Balaban J connectivity index is 1.98. The fourth-order valence-electron chi connectivity index (χ4n) is 1.54. The van der Waals surface area contributed by atoms with Crippen LogP contribution in [0.2, 0.25) is 0 Å². The third kappa shape index (κ3) is 1.61. The minimum Gasteiger partial charge on any atom is -0.177 e. The van der Waals surface area contributed by atoms with E-state index in [0.717, 1.165) is 12.2 Å². The Morgan fingerprint density at radius 3 is 3.00 bits per heavy atom. The van der Waals surface area contributed by atoms with Gasteiger partial charge in [-0.15, -0.1) is 21.5 Å². The number of aromatic nitrogens is 4. The molecule has 0 radical (unpaired) electrons. The summed E-state index contributed by atoms with van der Waals surface area (Å²) in [5.41, 5.74) is 0. The quantitative estimate of drug-likeness (QED) is 0.712. The first-order chi connectivity index (χ1) is 7.42. The zero-order chi connectivity index (χ0) is 10.1. The van der Waals surface area contributed by atoms with Crippen LogP contribution in [0.5, 0.6) is 0 Å². The molecular weight excluding hydrogens is 208 g/mol. The first-order valence-corrected chi connectivity index (χ1v) is 5.43. The van der Waals surface area contributed by atoms with Crippen molar-refractivity contribution >= 4 is 21.4 Å². The summed E-state index contributed by atoms with van der Waals surface area (Å²) in [5, 5.41) is 15.2. The van der Waals surface area contributed by atoms with Gasteiger partial charge in [0.15, 0.2) is 5.82 Å². The molecule has 0 spiro atoms. The highest BCUT2D eigenvalue weighted by Gasteiger charge is 2.04. The van der Waals surface area contributed by atoms with E-state index < -0.39 is 0 Å². The number of tetrazole rings is 1.